The van der Waals surface area contributed by atoms with Crippen LogP contribution in [0.2, 0.25) is 0 Å². The van der Waals surface area contributed by atoms with Crippen molar-refractivity contribution in [2.45, 2.75) is 51.2 Å². The summed E-state index contributed by atoms with van der Waals surface area (Å²) in [5.74, 6) is 0.325. The minimum atomic E-state index is -1.15. The second-order valence-corrected chi connectivity index (χ2v) is 5.22. The van der Waals surface area contributed by atoms with Gasteiger partial charge in [-0.05, 0) is 31.4 Å². The molecule has 1 aromatic rings. The van der Waals surface area contributed by atoms with E-state index in [1.165, 1.54) is 30.1 Å². The smallest absolute Gasteiger partial charge is 0.283 e. The molecule has 0 amide bonds. The molecule has 2 rings (SSSR count). The van der Waals surface area contributed by atoms with Crippen LogP contribution in [0, 0.1) is 6.92 Å². The SMILES string of the molecule is Cc1cc(C2CCCCC2)n(OC(O)CN)c(=O)c1. The highest BCUT2D eigenvalue weighted by molar-refractivity contribution is 5.19. The van der Waals surface area contributed by atoms with Crippen LogP contribution >= 0.6 is 0 Å². The Kier molecular flexibility index (Phi) is 4.61. The van der Waals surface area contributed by atoms with E-state index in [9.17, 15) is 9.90 Å². The minimum absolute atomic E-state index is 0.0373. The Morgan fingerprint density at radius 2 is 2.11 bits per heavy atom. The second-order valence-electron chi connectivity index (χ2n) is 5.22. The lowest BCUT2D eigenvalue weighted by atomic mass is 9.86. The van der Waals surface area contributed by atoms with Crippen molar-refractivity contribution in [3.05, 3.63) is 33.7 Å². The zero-order valence-electron chi connectivity index (χ0n) is 11.3. The van der Waals surface area contributed by atoms with Crippen molar-refractivity contribution in [1.82, 2.24) is 4.73 Å². The number of aliphatic hydroxyl groups is 1. The molecule has 0 aromatic carbocycles. The number of pyridine rings is 1. The molecule has 1 unspecified atom stereocenters. The predicted molar refractivity (Wildman–Crippen MR) is 72.9 cm³/mol. The maximum Gasteiger partial charge on any atom is 0.283 e. The van der Waals surface area contributed by atoms with Crippen LogP contribution in [0.3, 0.4) is 0 Å². The van der Waals surface area contributed by atoms with Gasteiger partial charge in [-0.1, -0.05) is 19.3 Å². The third-order valence-corrected chi connectivity index (χ3v) is 3.61. The molecule has 1 aliphatic rings. The summed E-state index contributed by atoms with van der Waals surface area (Å²) in [4.78, 5) is 17.3. The highest BCUT2D eigenvalue weighted by atomic mass is 16.7. The molecule has 106 valence electrons. The average molecular weight is 266 g/mol. The van der Waals surface area contributed by atoms with Gasteiger partial charge in [0.15, 0.2) is 0 Å². The van der Waals surface area contributed by atoms with Crippen molar-refractivity contribution in [2.75, 3.05) is 6.54 Å². The quantitative estimate of drug-likeness (QED) is 0.794. The van der Waals surface area contributed by atoms with E-state index in [1.54, 1.807) is 0 Å². The molecule has 1 aromatic heterocycles. The van der Waals surface area contributed by atoms with Crippen LogP contribution in [0.5, 0.6) is 0 Å². The summed E-state index contributed by atoms with van der Waals surface area (Å²) in [5, 5.41) is 9.52. The van der Waals surface area contributed by atoms with Gasteiger partial charge in [0.05, 0.1) is 12.2 Å². The molecule has 1 saturated carbocycles. The van der Waals surface area contributed by atoms with Gasteiger partial charge in [-0.2, -0.15) is 0 Å². The van der Waals surface area contributed by atoms with Crippen LogP contribution < -0.4 is 16.1 Å². The second kappa shape index (κ2) is 6.21. The summed E-state index contributed by atoms with van der Waals surface area (Å²) in [5.41, 5.74) is 6.88. The number of hydrogen-bond donors (Lipinski definition) is 2. The first-order valence-corrected chi connectivity index (χ1v) is 6.90. The fraction of sp³-hybridized carbons (Fsp3) is 0.643. The lowest BCUT2D eigenvalue weighted by Gasteiger charge is -2.26. The highest BCUT2D eigenvalue weighted by Crippen LogP contribution is 2.32. The Labute approximate surface area is 113 Å². The van der Waals surface area contributed by atoms with E-state index >= 15 is 0 Å². The fourth-order valence-corrected chi connectivity index (χ4v) is 2.67. The van der Waals surface area contributed by atoms with E-state index in [4.69, 9.17) is 10.6 Å². The van der Waals surface area contributed by atoms with Gasteiger partial charge in [-0.15, -0.1) is 4.73 Å². The molecule has 0 aliphatic heterocycles. The van der Waals surface area contributed by atoms with Gasteiger partial charge in [0.2, 0.25) is 6.29 Å². The Balaban J connectivity index is 2.35. The Hall–Kier alpha value is -1.33. The lowest BCUT2D eigenvalue weighted by molar-refractivity contribution is -0.103. The number of aryl methyl sites for hydroxylation is 1. The van der Waals surface area contributed by atoms with Crippen LogP contribution in [-0.2, 0) is 0 Å². The summed E-state index contributed by atoms with van der Waals surface area (Å²) in [6.45, 7) is 1.86. The summed E-state index contributed by atoms with van der Waals surface area (Å²) in [6.07, 6.45) is 4.57. The van der Waals surface area contributed by atoms with Crippen LogP contribution in [0.1, 0.15) is 49.3 Å². The van der Waals surface area contributed by atoms with Gasteiger partial charge in [-0.3, -0.25) is 4.79 Å². The van der Waals surface area contributed by atoms with E-state index < -0.39 is 6.29 Å². The third-order valence-electron chi connectivity index (χ3n) is 3.61. The molecule has 19 heavy (non-hydrogen) atoms. The number of nitrogens with zero attached hydrogens (tertiary/aromatic N) is 1. The molecule has 1 aliphatic carbocycles. The number of nitrogens with two attached hydrogens (primary N) is 1. The summed E-state index contributed by atoms with van der Waals surface area (Å²) < 4.78 is 1.22. The van der Waals surface area contributed by atoms with Crippen molar-refractivity contribution in [3.63, 3.8) is 0 Å². The number of aliphatic hydroxyl groups excluding tert-OH is 1. The van der Waals surface area contributed by atoms with Crippen molar-refractivity contribution in [3.8, 4) is 0 Å². The van der Waals surface area contributed by atoms with Gasteiger partial charge in [0, 0.05) is 12.0 Å². The van der Waals surface area contributed by atoms with E-state index in [1.807, 2.05) is 13.0 Å². The van der Waals surface area contributed by atoms with E-state index in [2.05, 4.69) is 0 Å². The van der Waals surface area contributed by atoms with Gasteiger partial charge in [0.1, 0.15) is 0 Å². The topological polar surface area (TPSA) is 77.5 Å². The predicted octanol–water partition coefficient (Wildman–Crippen LogP) is 0.910. The van der Waals surface area contributed by atoms with Crippen LogP contribution in [0.25, 0.3) is 0 Å². The largest absolute Gasteiger partial charge is 0.377 e. The first-order valence-electron chi connectivity index (χ1n) is 6.90. The molecular formula is C14H22N2O3. The van der Waals surface area contributed by atoms with E-state index in [0.29, 0.717) is 5.92 Å². The van der Waals surface area contributed by atoms with Gasteiger partial charge in [0.25, 0.3) is 5.56 Å². The van der Waals surface area contributed by atoms with Crippen molar-refractivity contribution >= 4 is 0 Å². The van der Waals surface area contributed by atoms with E-state index in [0.717, 1.165) is 24.1 Å². The summed E-state index contributed by atoms with van der Waals surface area (Å²) in [7, 11) is 0. The monoisotopic (exact) mass is 266 g/mol. The molecule has 5 nitrogen and oxygen atoms in total. The number of rotatable bonds is 4. The molecule has 1 heterocycles. The zero-order valence-corrected chi connectivity index (χ0v) is 11.3. The van der Waals surface area contributed by atoms with Gasteiger partial charge < -0.3 is 15.7 Å². The number of aromatic nitrogens is 1. The maximum atomic E-state index is 12.0. The van der Waals surface area contributed by atoms with Gasteiger partial charge in [-0.25, -0.2) is 0 Å². The normalized spacial score (nSPS) is 18.3. The molecule has 1 atom stereocenters. The standard InChI is InChI=1S/C14H22N2O3/c1-10-7-12(11-5-3-2-4-6-11)16(13(17)8-10)19-14(18)9-15/h7-8,11,14,18H,2-6,9,15H2,1H3. The van der Waals surface area contributed by atoms with Crippen molar-refractivity contribution in [1.29, 1.82) is 0 Å². The average Bonchev–Trinajstić information content (AvgIpc) is 2.42. The van der Waals surface area contributed by atoms with E-state index in [-0.39, 0.29) is 12.1 Å². The van der Waals surface area contributed by atoms with Crippen molar-refractivity contribution < 1.29 is 9.94 Å². The number of hydrogen-bond acceptors (Lipinski definition) is 4. The van der Waals surface area contributed by atoms with Crippen LogP contribution in [0.15, 0.2) is 16.9 Å². The third kappa shape index (κ3) is 3.36. The lowest BCUT2D eigenvalue weighted by Crippen LogP contribution is -2.39. The first-order chi connectivity index (χ1) is 9.11. The molecule has 0 saturated heterocycles. The Bertz CT molecular complexity index is 478. The first kappa shape index (κ1) is 14.1. The van der Waals surface area contributed by atoms with Gasteiger partial charge >= 0.3 is 0 Å². The molecule has 3 N–H and O–H groups in total. The van der Waals surface area contributed by atoms with Crippen LogP contribution in [-0.4, -0.2) is 22.7 Å². The summed E-state index contributed by atoms with van der Waals surface area (Å²) in [6, 6.07) is 3.48. The summed E-state index contributed by atoms with van der Waals surface area (Å²) >= 11 is 0. The zero-order chi connectivity index (χ0) is 13.8. The molecule has 0 radical (unpaired) electrons. The minimum Gasteiger partial charge on any atom is -0.377 e. The highest BCUT2D eigenvalue weighted by Gasteiger charge is 2.21. The molecule has 1 fully saturated rings. The Morgan fingerprint density at radius 1 is 1.42 bits per heavy atom. The maximum absolute atomic E-state index is 12.0. The van der Waals surface area contributed by atoms with Crippen molar-refractivity contribution in [2.24, 2.45) is 5.73 Å². The Morgan fingerprint density at radius 3 is 2.74 bits per heavy atom. The molecule has 5 heteroatoms. The van der Waals surface area contributed by atoms with Crippen LogP contribution in [0.4, 0.5) is 0 Å². The molecular weight excluding hydrogens is 244 g/mol. The molecule has 0 bridgehead atoms. The molecule has 0 spiro atoms. The fourth-order valence-electron chi connectivity index (χ4n) is 2.67.